The highest BCUT2D eigenvalue weighted by atomic mass is 28.4. The molecule has 3 atom stereocenters. The Morgan fingerprint density at radius 3 is 2.29 bits per heavy atom. The Hall–Kier alpha value is -1.95. The van der Waals surface area contributed by atoms with Gasteiger partial charge in [-0.05, 0) is 60.7 Å². The van der Waals surface area contributed by atoms with Crippen molar-refractivity contribution >= 4 is 14.3 Å². The molecule has 0 radical (unpaired) electrons. The lowest BCUT2D eigenvalue weighted by Gasteiger charge is -2.41. The molecule has 1 aliphatic rings. The van der Waals surface area contributed by atoms with Gasteiger partial charge in [0.2, 0.25) is 0 Å². The number of ether oxygens (including phenoxy) is 1. The lowest BCUT2D eigenvalue weighted by atomic mass is 10.0. The van der Waals surface area contributed by atoms with E-state index >= 15 is 0 Å². The zero-order chi connectivity index (χ0) is 22.6. The first-order chi connectivity index (χ1) is 14.6. The van der Waals surface area contributed by atoms with Gasteiger partial charge in [0.15, 0.2) is 8.32 Å². The largest absolute Gasteiger partial charge is 0.465 e. The summed E-state index contributed by atoms with van der Waals surface area (Å²) >= 11 is 0. The van der Waals surface area contributed by atoms with Crippen molar-refractivity contribution in [1.82, 2.24) is 5.32 Å². The summed E-state index contributed by atoms with van der Waals surface area (Å²) < 4.78 is 11.7. The summed E-state index contributed by atoms with van der Waals surface area (Å²) in [5, 5.41) is 4.03. The Morgan fingerprint density at radius 2 is 1.71 bits per heavy atom. The Labute approximate surface area is 188 Å². The summed E-state index contributed by atoms with van der Waals surface area (Å²) in [6.07, 6.45) is 3.22. The second kappa shape index (κ2) is 9.68. The first-order valence-corrected chi connectivity index (χ1v) is 14.2. The highest BCUT2D eigenvalue weighted by Crippen LogP contribution is 2.41. The third-order valence-corrected chi connectivity index (χ3v) is 11.3. The van der Waals surface area contributed by atoms with Gasteiger partial charge in [-0.1, -0.05) is 63.2 Å². The molecule has 0 amide bonds. The van der Waals surface area contributed by atoms with Gasteiger partial charge >= 0.3 is 5.97 Å². The van der Waals surface area contributed by atoms with Crippen LogP contribution in [0, 0.1) is 0 Å². The average Bonchev–Trinajstić information content (AvgIpc) is 3.20. The molecule has 0 aliphatic carbocycles. The molecule has 1 heterocycles. The number of hydrogen-bond acceptors (Lipinski definition) is 4. The molecule has 31 heavy (non-hydrogen) atoms. The lowest BCUT2D eigenvalue weighted by molar-refractivity contribution is 0.0600. The molecular weight excluding hydrogens is 402 g/mol. The Kier molecular flexibility index (Phi) is 7.40. The molecule has 5 heteroatoms. The van der Waals surface area contributed by atoms with Crippen LogP contribution in [0.2, 0.25) is 18.1 Å². The minimum absolute atomic E-state index is 0.0637. The van der Waals surface area contributed by atoms with E-state index in [-0.39, 0.29) is 17.1 Å². The number of methoxy groups -OCH3 is 1. The summed E-state index contributed by atoms with van der Waals surface area (Å²) in [4.78, 5) is 11.7. The van der Waals surface area contributed by atoms with Crippen molar-refractivity contribution in [3.05, 3.63) is 71.3 Å². The van der Waals surface area contributed by atoms with Crippen molar-refractivity contribution in [2.75, 3.05) is 7.11 Å². The molecule has 1 saturated heterocycles. The van der Waals surface area contributed by atoms with Gasteiger partial charge in [-0.25, -0.2) is 4.79 Å². The molecule has 1 fully saturated rings. The van der Waals surface area contributed by atoms with E-state index in [1.54, 1.807) is 0 Å². The Morgan fingerprint density at radius 1 is 1.06 bits per heavy atom. The van der Waals surface area contributed by atoms with Crippen molar-refractivity contribution in [3.8, 4) is 0 Å². The van der Waals surface area contributed by atoms with E-state index in [1.807, 2.05) is 24.3 Å². The third-order valence-electron chi connectivity index (χ3n) is 6.85. The average molecular weight is 440 g/mol. The van der Waals surface area contributed by atoms with E-state index < -0.39 is 8.32 Å². The van der Waals surface area contributed by atoms with E-state index in [2.05, 4.69) is 69.5 Å². The van der Waals surface area contributed by atoms with Gasteiger partial charge in [0.25, 0.3) is 0 Å². The molecule has 3 rings (SSSR count). The second-order valence-corrected chi connectivity index (χ2v) is 14.9. The van der Waals surface area contributed by atoms with Crippen LogP contribution in [-0.4, -0.2) is 33.5 Å². The SMILES string of the molecule is COC(=O)c1ccc(CC2CC[C@@H]([C@H](O[Si](C)(C)C(C)(C)C)c3ccccc3)N2)cc1. The molecule has 2 aromatic carbocycles. The van der Waals surface area contributed by atoms with Crippen LogP contribution in [0.4, 0.5) is 0 Å². The number of hydrogen-bond donors (Lipinski definition) is 1. The van der Waals surface area contributed by atoms with Crippen molar-refractivity contribution in [2.24, 2.45) is 0 Å². The predicted molar refractivity (Wildman–Crippen MR) is 129 cm³/mol. The quantitative estimate of drug-likeness (QED) is 0.431. The molecular formula is C26H37NO3Si. The standard InChI is InChI=1S/C26H37NO3Si/c1-26(2,3)31(5,6)30-24(20-10-8-7-9-11-20)23-17-16-22(27-23)18-19-12-14-21(15-13-19)25(28)29-4/h7-15,22-24,27H,16-18H2,1-6H3/t22?,23-,24+/m0/s1. The normalized spacial score (nSPS) is 20.5. The van der Waals surface area contributed by atoms with Crippen LogP contribution < -0.4 is 5.32 Å². The first kappa shape index (κ1) is 23.7. The fourth-order valence-corrected chi connectivity index (χ4v) is 5.24. The first-order valence-electron chi connectivity index (χ1n) is 11.3. The van der Waals surface area contributed by atoms with Crippen molar-refractivity contribution in [1.29, 1.82) is 0 Å². The predicted octanol–water partition coefficient (Wildman–Crippen LogP) is 5.90. The molecule has 0 aromatic heterocycles. The number of carbonyl (C=O) groups excluding carboxylic acids is 1. The van der Waals surface area contributed by atoms with Crippen LogP contribution >= 0.6 is 0 Å². The third kappa shape index (κ3) is 5.85. The molecule has 1 unspecified atom stereocenters. The van der Waals surface area contributed by atoms with Gasteiger partial charge in [0.05, 0.1) is 18.8 Å². The van der Waals surface area contributed by atoms with E-state index in [4.69, 9.17) is 9.16 Å². The zero-order valence-corrected chi connectivity index (χ0v) is 20.8. The van der Waals surface area contributed by atoms with Crippen molar-refractivity contribution in [2.45, 2.75) is 76.4 Å². The Bertz CT molecular complexity index is 858. The number of esters is 1. The van der Waals surface area contributed by atoms with Gasteiger partial charge in [-0.3, -0.25) is 0 Å². The minimum atomic E-state index is -1.92. The summed E-state index contributed by atoms with van der Waals surface area (Å²) in [6.45, 7) is 11.6. The fourth-order valence-electron chi connectivity index (χ4n) is 3.95. The molecule has 4 nitrogen and oxygen atoms in total. The van der Waals surface area contributed by atoms with Gasteiger partial charge in [-0.15, -0.1) is 0 Å². The maximum Gasteiger partial charge on any atom is 0.337 e. The van der Waals surface area contributed by atoms with Crippen LogP contribution in [0.1, 0.15) is 61.2 Å². The number of carbonyl (C=O) groups is 1. The summed E-state index contributed by atoms with van der Waals surface area (Å²) in [6, 6.07) is 19.1. The van der Waals surface area contributed by atoms with Crippen LogP contribution in [0.3, 0.4) is 0 Å². The summed E-state index contributed by atoms with van der Waals surface area (Å²) in [5.74, 6) is -0.293. The van der Waals surface area contributed by atoms with Crippen molar-refractivity contribution < 1.29 is 14.0 Å². The minimum Gasteiger partial charge on any atom is -0.465 e. The molecule has 168 valence electrons. The van der Waals surface area contributed by atoms with Gasteiger partial charge in [0, 0.05) is 12.1 Å². The molecule has 1 aliphatic heterocycles. The maximum absolute atomic E-state index is 11.7. The molecule has 0 spiro atoms. The Balaban J connectivity index is 1.71. The van der Waals surface area contributed by atoms with Crippen LogP contribution in [-0.2, 0) is 15.6 Å². The van der Waals surface area contributed by atoms with Crippen LogP contribution in [0.5, 0.6) is 0 Å². The summed E-state index contributed by atoms with van der Waals surface area (Å²) in [5.41, 5.74) is 3.08. The molecule has 1 N–H and O–H groups in total. The number of nitrogens with one attached hydrogen (secondary N) is 1. The highest BCUT2D eigenvalue weighted by molar-refractivity contribution is 6.74. The van der Waals surface area contributed by atoms with E-state index in [0.29, 0.717) is 17.6 Å². The molecule has 0 saturated carbocycles. The molecule has 2 aromatic rings. The second-order valence-electron chi connectivity index (χ2n) is 10.1. The topological polar surface area (TPSA) is 47.6 Å². The van der Waals surface area contributed by atoms with Gasteiger partial charge in [-0.2, -0.15) is 0 Å². The van der Waals surface area contributed by atoms with Crippen molar-refractivity contribution in [3.63, 3.8) is 0 Å². The number of benzene rings is 2. The molecule has 0 bridgehead atoms. The summed E-state index contributed by atoms with van der Waals surface area (Å²) in [7, 11) is -0.508. The highest BCUT2D eigenvalue weighted by Gasteiger charge is 2.42. The number of rotatable bonds is 7. The van der Waals surface area contributed by atoms with Crippen LogP contribution in [0.15, 0.2) is 54.6 Å². The maximum atomic E-state index is 11.7. The van der Waals surface area contributed by atoms with Gasteiger partial charge < -0.3 is 14.5 Å². The monoisotopic (exact) mass is 439 g/mol. The smallest absolute Gasteiger partial charge is 0.337 e. The van der Waals surface area contributed by atoms with E-state index in [1.165, 1.54) is 18.2 Å². The fraction of sp³-hybridized carbons (Fsp3) is 0.500. The lowest BCUT2D eigenvalue weighted by Crippen LogP contribution is -2.46. The van der Waals surface area contributed by atoms with E-state index in [0.717, 1.165) is 19.3 Å². The van der Waals surface area contributed by atoms with E-state index in [9.17, 15) is 4.79 Å². The zero-order valence-electron chi connectivity index (χ0n) is 19.8. The van der Waals surface area contributed by atoms with Gasteiger partial charge in [0.1, 0.15) is 0 Å². The van der Waals surface area contributed by atoms with Crippen LogP contribution in [0.25, 0.3) is 0 Å².